The van der Waals surface area contributed by atoms with E-state index in [2.05, 4.69) is 16.5 Å². The van der Waals surface area contributed by atoms with Gasteiger partial charge in [-0.3, -0.25) is 9.62 Å². The van der Waals surface area contributed by atoms with Gasteiger partial charge in [0, 0.05) is 18.3 Å². The van der Waals surface area contributed by atoms with Crippen molar-refractivity contribution >= 4 is 15.7 Å². The zero-order valence-electron chi connectivity index (χ0n) is 16.9. The Morgan fingerprint density at radius 2 is 1.68 bits per heavy atom. The maximum absolute atomic E-state index is 11.2. The Balaban J connectivity index is 1.89. The van der Waals surface area contributed by atoms with Crippen molar-refractivity contribution in [2.45, 2.75) is 13.0 Å². The summed E-state index contributed by atoms with van der Waals surface area (Å²) in [6.07, 6.45) is 1.12. The third-order valence-corrected chi connectivity index (χ3v) is 5.03. The van der Waals surface area contributed by atoms with Gasteiger partial charge >= 0.3 is 0 Å². The number of methoxy groups -OCH3 is 2. The molecule has 1 N–H and O–H groups in total. The molecule has 0 bridgehead atoms. The summed E-state index contributed by atoms with van der Waals surface area (Å²) in [6, 6.07) is 12.9. The zero-order valence-corrected chi connectivity index (χ0v) is 17.7. The molecule has 0 aromatic heterocycles. The fourth-order valence-corrected chi connectivity index (χ4v) is 3.27. The molecular weight excluding hydrogens is 380 g/mol. The van der Waals surface area contributed by atoms with E-state index < -0.39 is 10.0 Å². The number of rotatable bonds is 10. The quantitative estimate of drug-likeness (QED) is 0.651. The number of nitrogens with one attached hydrogen (secondary N) is 1. The summed E-state index contributed by atoms with van der Waals surface area (Å²) >= 11 is 0. The van der Waals surface area contributed by atoms with Gasteiger partial charge in [-0.15, -0.1) is 0 Å². The highest BCUT2D eigenvalue weighted by molar-refractivity contribution is 7.92. The van der Waals surface area contributed by atoms with Crippen molar-refractivity contribution in [3.63, 3.8) is 0 Å². The van der Waals surface area contributed by atoms with E-state index in [-0.39, 0.29) is 6.04 Å². The van der Waals surface area contributed by atoms with Gasteiger partial charge in [0.05, 0.1) is 20.5 Å². The zero-order chi connectivity index (χ0) is 20.7. The molecule has 0 spiro atoms. The first-order valence-corrected chi connectivity index (χ1v) is 10.8. The second-order valence-corrected chi connectivity index (χ2v) is 8.27. The van der Waals surface area contributed by atoms with Crippen molar-refractivity contribution in [1.82, 2.24) is 4.90 Å². The summed E-state index contributed by atoms with van der Waals surface area (Å²) in [5, 5.41) is 0. The fourth-order valence-electron chi connectivity index (χ4n) is 2.70. The number of likely N-dealkylation sites (N-methyl/N-ethyl adjacent to an activating group) is 1. The van der Waals surface area contributed by atoms with Gasteiger partial charge in [0.25, 0.3) is 0 Å². The molecule has 1 atom stereocenters. The molecular formula is C20H28N2O5S. The average Bonchev–Trinajstić information content (AvgIpc) is 2.66. The monoisotopic (exact) mass is 408 g/mol. The minimum absolute atomic E-state index is 0.171. The molecule has 8 heteroatoms. The van der Waals surface area contributed by atoms with Crippen molar-refractivity contribution < 1.29 is 22.6 Å². The lowest BCUT2D eigenvalue weighted by molar-refractivity contribution is 0.200. The number of anilines is 1. The molecule has 0 heterocycles. The third-order valence-electron chi connectivity index (χ3n) is 4.42. The lowest BCUT2D eigenvalue weighted by atomic mass is 10.1. The molecule has 0 saturated heterocycles. The van der Waals surface area contributed by atoms with Gasteiger partial charge in [0.2, 0.25) is 10.0 Å². The van der Waals surface area contributed by atoms with Crippen LogP contribution in [0.1, 0.15) is 18.5 Å². The van der Waals surface area contributed by atoms with E-state index in [9.17, 15) is 8.42 Å². The van der Waals surface area contributed by atoms with Crippen LogP contribution in [-0.2, 0) is 10.0 Å². The summed E-state index contributed by atoms with van der Waals surface area (Å²) < 4.78 is 41.3. The van der Waals surface area contributed by atoms with E-state index in [0.29, 0.717) is 29.5 Å². The highest BCUT2D eigenvalue weighted by atomic mass is 32.2. The van der Waals surface area contributed by atoms with Gasteiger partial charge in [0.1, 0.15) is 12.4 Å². The van der Waals surface area contributed by atoms with Crippen LogP contribution >= 0.6 is 0 Å². The van der Waals surface area contributed by atoms with Gasteiger partial charge in [-0.05, 0) is 55.9 Å². The lowest BCUT2D eigenvalue weighted by Gasteiger charge is -2.25. The maximum Gasteiger partial charge on any atom is 0.229 e. The average molecular weight is 409 g/mol. The fraction of sp³-hybridized carbons (Fsp3) is 0.400. The summed E-state index contributed by atoms with van der Waals surface area (Å²) in [7, 11) is 2.00. The minimum Gasteiger partial charge on any atom is -0.493 e. The topological polar surface area (TPSA) is 77.1 Å². The maximum atomic E-state index is 11.2. The largest absolute Gasteiger partial charge is 0.493 e. The first-order chi connectivity index (χ1) is 13.2. The van der Waals surface area contributed by atoms with Crippen molar-refractivity contribution in [3.05, 3.63) is 48.0 Å². The molecule has 0 radical (unpaired) electrons. The molecule has 0 aliphatic carbocycles. The number of ether oxygens (including phenoxy) is 3. The molecule has 0 amide bonds. The Bertz CT molecular complexity index is 869. The highest BCUT2D eigenvalue weighted by Gasteiger charge is 2.14. The van der Waals surface area contributed by atoms with Crippen molar-refractivity contribution in [1.29, 1.82) is 0 Å². The van der Waals surface area contributed by atoms with Crippen LogP contribution in [0.4, 0.5) is 5.69 Å². The first-order valence-electron chi connectivity index (χ1n) is 8.86. The minimum atomic E-state index is -3.28. The molecule has 7 nitrogen and oxygen atoms in total. The van der Waals surface area contributed by atoms with E-state index in [1.54, 1.807) is 38.5 Å². The van der Waals surface area contributed by atoms with Crippen LogP contribution in [0.5, 0.6) is 17.2 Å². The van der Waals surface area contributed by atoms with Gasteiger partial charge in [-0.1, -0.05) is 6.07 Å². The third kappa shape index (κ3) is 6.31. The van der Waals surface area contributed by atoms with Crippen LogP contribution in [0.25, 0.3) is 0 Å². The van der Waals surface area contributed by atoms with E-state index in [4.69, 9.17) is 14.2 Å². The van der Waals surface area contributed by atoms with E-state index >= 15 is 0 Å². The van der Waals surface area contributed by atoms with E-state index in [1.807, 2.05) is 25.2 Å². The Hall–Kier alpha value is -2.45. The second-order valence-electron chi connectivity index (χ2n) is 6.52. The normalized spacial score (nSPS) is 12.5. The SMILES string of the molecule is COc1ccc(C(C)N(C)CCOc2ccc(NS(C)(=O)=O)cc2)cc1OC. The van der Waals surface area contributed by atoms with Crippen LogP contribution < -0.4 is 18.9 Å². The van der Waals surface area contributed by atoms with Gasteiger partial charge in [-0.2, -0.15) is 0 Å². The molecule has 0 saturated carbocycles. The molecule has 0 aliphatic rings. The highest BCUT2D eigenvalue weighted by Crippen LogP contribution is 2.31. The molecule has 0 aliphatic heterocycles. The van der Waals surface area contributed by atoms with Crippen LogP contribution in [0, 0.1) is 0 Å². The van der Waals surface area contributed by atoms with E-state index in [0.717, 1.165) is 18.4 Å². The summed E-state index contributed by atoms with van der Waals surface area (Å²) in [5.41, 5.74) is 1.63. The van der Waals surface area contributed by atoms with Crippen molar-refractivity contribution in [2.24, 2.45) is 0 Å². The van der Waals surface area contributed by atoms with Crippen LogP contribution in [0.2, 0.25) is 0 Å². The summed E-state index contributed by atoms with van der Waals surface area (Å²) in [6.45, 7) is 3.35. The molecule has 28 heavy (non-hydrogen) atoms. The number of nitrogens with zero attached hydrogens (tertiary/aromatic N) is 1. The van der Waals surface area contributed by atoms with E-state index in [1.165, 1.54) is 0 Å². The Morgan fingerprint density at radius 1 is 1.04 bits per heavy atom. The van der Waals surface area contributed by atoms with Gasteiger partial charge in [0.15, 0.2) is 11.5 Å². The molecule has 2 aromatic rings. The van der Waals surface area contributed by atoms with Crippen LogP contribution in [0.3, 0.4) is 0 Å². The summed E-state index contributed by atoms with van der Waals surface area (Å²) in [5.74, 6) is 2.10. The van der Waals surface area contributed by atoms with Gasteiger partial charge in [-0.25, -0.2) is 8.42 Å². The number of benzene rings is 2. The molecule has 1 unspecified atom stereocenters. The molecule has 2 rings (SSSR count). The van der Waals surface area contributed by atoms with Crippen LogP contribution in [-0.4, -0.2) is 54.0 Å². The van der Waals surface area contributed by atoms with Crippen LogP contribution in [0.15, 0.2) is 42.5 Å². The number of sulfonamides is 1. The van der Waals surface area contributed by atoms with Gasteiger partial charge < -0.3 is 14.2 Å². The Labute approximate surface area is 167 Å². The van der Waals surface area contributed by atoms with Crippen molar-refractivity contribution in [2.75, 3.05) is 45.4 Å². The Morgan fingerprint density at radius 3 is 2.25 bits per heavy atom. The number of hydrogen-bond donors (Lipinski definition) is 1. The lowest BCUT2D eigenvalue weighted by Crippen LogP contribution is -2.27. The number of hydrogen-bond acceptors (Lipinski definition) is 6. The molecule has 154 valence electrons. The predicted molar refractivity (Wildman–Crippen MR) is 111 cm³/mol. The molecule has 2 aromatic carbocycles. The first kappa shape index (κ1) is 21.8. The predicted octanol–water partition coefficient (Wildman–Crippen LogP) is 3.15. The molecule has 0 fully saturated rings. The smallest absolute Gasteiger partial charge is 0.229 e. The van der Waals surface area contributed by atoms with Crippen molar-refractivity contribution in [3.8, 4) is 17.2 Å². The summed E-state index contributed by atoms with van der Waals surface area (Å²) in [4.78, 5) is 2.18. The standard InChI is InChI=1S/C20H28N2O5S/c1-15(16-6-11-19(25-3)20(14-16)26-4)22(2)12-13-27-18-9-7-17(8-10-18)21-28(5,23)24/h6-11,14-15,21H,12-13H2,1-5H3. The Kier molecular flexibility index (Phi) is 7.53. The second kappa shape index (κ2) is 9.66.